The van der Waals surface area contributed by atoms with Crippen LogP contribution in [0.1, 0.15) is 66.2 Å². The van der Waals surface area contributed by atoms with Crippen LogP contribution in [0.25, 0.3) is 0 Å². The van der Waals surface area contributed by atoms with Crippen molar-refractivity contribution in [1.82, 2.24) is 0 Å². The van der Waals surface area contributed by atoms with Crippen LogP contribution in [0.4, 0.5) is 0 Å². The minimum atomic E-state index is 0.659. The second-order valence-electron chi connectivity index (χ2n) is 7.66. The van der Waals surface area contributed by atoms with Crippen LogP contribution in [0.2, 0.25) is 0 Å². The molecule has 2 rings (SSSR count). The van der Waals surface area contributed by atoms with Crippen LogP contribution < -0.4 is 0 Å². The second-order valence-corrected chi connectivity index (χ2v) is 7.66. The summed E-state index contributed by atoms with van der Waals surface area (Å²) in [5.74, 6) is 2.88. The molecule has 0 saturated heterocycles. The summed E-state index contributed by atoms with van der Waals surface area (Å²) in [7, 11) is 0. The first-order valence-corrected chi connectivity index (χ1v) is 9.98. The molecule has 24 heavy (non-hydrogen) atoms. The average Bonchev–Trinajstić information content (AvgIpc) is 3.01. The molecule has 0 nitrogen and oxygen atoms in total. The van der Waals surface area contributed by atoms with Gasteiger partial charge in [-0.1, -0.05) is 73.6 Å². The molecule has 0 aromatic rings. The Morgan fingerprint density at radius 2 is 1.96 bits per heavy atom. The van der Waals surface area contributed by atoms with E-state index >= 15 is 0 Å². The molecule has 0 saturated carbocycles. The van der Waals surface area contributed by atoms with Crippen LogP contribution in [-0.4, -0.2) is 0 Å². The van der Waals surface area contributed by atoms with E-state index in [-0.39, 0.29) is 0 Å². The largest absolute Gasteiger partial charge is 0.0877 e. The number of allylic oxidation sites excluding steroid dienone is 10. The third kappa shape index (κ3) is 5.10. The molecule has 0 N–H and O–H groups in total. The Labute approximate surface area is 150 Å². The summed E-state index contributed by atoms with van der Waals surface area (Å²) in [4.78, 5) is 0. The van der Waals surface area contributed by atoms with Gasteiger partial charge in [0.2, 0.25) is 0 Å². The van der Waals surface area contributed by atoms with Gasteiger partial charge in [0, 0.05) is 0 Å². The van der Waals surface area contributed by atoms with E-state index < -0.39 is 0 Å². The molecule has 0 amide bonds. The van der Waals surface area contributed by atoms with Gasteiger partial charge >= 0.3 is 0 Å². The van der Waals surface area contributed by atoms with Gasteiger partial charge in [0.05, 0.1) is 0 Å². The molecule has 132 valence electrons. The summed E-state index contributed by atoms with van der Waals surface area (Å²) in [6.07, 6.45) is 26.1. The third-order valence-electron chi connectivity index (χ3n) is 6.01. The van der Waals surface area contributed by atoms with E-state index in [0.29, 0.717) is 11.8 Å². The van der Waals surface area contributed by atoms with Crippen LogP contribution in [0.3, 0.4) is 0 Å². The van der Waals surface area contributed by atoms with E-state index in [1.54, 1.807) is 11.1 Å². The fourth-order valence-electron chi connectivity index (χ4n) is 4.57. The van der Waals surface area contributed by atoms with Crippen LogP contribution in [0.5, 0.6) is 0 Å². The van der Waals surface area contributed by atoms with Gasteiger partial charge in [0.25, 0.3) is 0 Å². The van der Waals surface area contributed by atoms with Crippen LogP contribution >= 0.6 is 0 Å². The second kappa shape index (κ2) is 9.87. The molecular formula is C24H36. The van der Waals surface area contributed by atoms with E-state index in [4.69, 9.17) is 0 Å². The molecule has 0 bridgehead atoms. The first-order valence-electron chi connectivity index (χ1n) is 9.98. The lowest BCUT2D eigenvalue weighted by molar-refractivity contribution is 0.278. The SMILES string of the molecule is C/C=C\C=C/CC(CC(CC)C1=C(C)CCC1)C1C=CC=CC1C. The Morgan fingerprint density at radius 3 is 2.58 bits per heavy atom. The molecule has 4 atom stereocenters. The minimum absolute atomic E-state index is 0.659. The highest BCUT2D eigenvalue weighted by Crippen LogP contribution is 2.40. The number of rotatable bonds is 8. The topological polar surface area (TPSA) is 0 Å². The lowest BCUT2D eigenvalue weighted by Crippen LogP contribution is -2.23. The first-order chi connectivity index (χ1) is 11.7. The predicted octanol–water partition coefficient (Wildman–Crippen LogP) is 7.42. The van der Waals surface area contributed by atoms with Crippen molar-refractivity contribution < 1.29 is 0 Å². The summed E-state index contributed by atoms with van der Waals surface area (Å²) in [6.45, 7) is 9.23. The Balaban J connectivity index is 2.13. The summed E-state index contributed by atoms with van der Waals surface area (Å²) in [6, 6.07) is 0. The normalized spacial score (nSPS) is 26.8. The van der Waals surface area contributed by atoms with Gasteiger partial charge in [-0.25, -0.2) is 0 Å². The molecular weight excluding hydrogens is 288 g/mol. The number of hydrogen-bond acceptors (Lipinski definition) is 0. The van der Waals surface area contributed by atoms with E-state index in [1.165, 1.54) is 38.5 Å². The average molecular weight is 325 g/mol. The fraction of sp³-hybridized carbons (Fsp3) is 0.583. The maximum atomic E-state index is 2.46. The van der Waals surface area contributed by atoms with Crippen molar-refractivity contribution >= 4 is 0 Å². The van der Waals surface area contributed by atoms with Crippen molar-refractivity contribution in [2.24, 2.45) is 23.7 Å². The molecule has 0 spiro atoms. The lowest BCUT2D eigenvalue weighted by Gasteiger charge is -2.32. The Kier molecular flexibility index (Phi) is 7.82. The van der Waals surface area contributed by atoms with E-state index in [1.807, 2.05) is 0 Å². The maximum Gasteiger partial charge on any atom is -0.0138 e. The highest BCUT2D eigenvalue weighted by molar-refractivity contribution is 5.21. The Bertz CT molecular complexity index is 526. The first kappa shape index (κ1) is 19.0. The van der Waals surface area contributed by atoms with Gasteiger partial charge < -0.3 is 0 Å². The summed E-state index contributed by atoms with van der Waals surface area (Å²) < 4.78 is 0. The molecule has 2 aliphatic carbocycles. The summed E-state index contributed by atoms with van der Waals surface area (Å²) in [5.41, 5.74) is 3.49. The van der Waals surface area contributed by atoms with Crippen molar-refractivity contribution in [2.45, 2.75) is 66.2 Å². The summed E-state index contributed by atoms with van der Waals surface area (Å²) >= 11 is 0. The highest BCUT2D eigenvalue weighted by atomic mass is 14.3. The minimum Gasteiger partial charge on any atom is -0.0877 e. The molecule has 0 aromatic carbocycles. The predicted molar refractivity (Wildman–Crippen MR) is 108 cm³/mol. The van der Waals surface area contributed by atoms with Gasteiger partial charge in [-0.3, -0.25) is 0 Å². The van der Waals surface area contributed by atoms with Crippen molar-refractivity contribution in [1.29, 1.82) is 0 Å². The molecule has 0 radical (unpaired) electrons. The zero-order valence-corrected chi connectivity index (χ0v) is 16.2. The molecule has 0 heterocycles. The third-order valence-corrected chi connectivity index (χ3v) is 6.01. The van der Waals surface area contributed by atoms with E-state index in [9.17, 15) is 0 Å². The van der Waals surface area contributed by atoms with E-state index in [0.717, 1.165) is 11.8 Å². The molecule has 4 unspecified atom stereocenters. The van der Waals surface area contributed by atoms with Crippen molar-refractivity contribution in [3.63, 3.8) is 0 Å². The monoisotopic (exact) mass is 324 g/mol. The van der Waals surface area contributed by atoms with Crippen LogP contribution in [0.15, 0.2) is 59.8 Å². The van der Waals surface area contributed by atoms with Crippen LogP contribution in [-0.2, 0) is 0 Å². The van der Waals surface area contributed by atoms with Crippen molar-refractivity contribution in [3.05, 3.63) is 59.8 Å². The fourth-order valence-corrected chi connectivity index (χ4v) is 4.57. The Hall–Kier alpha value is -1.30. The van der Waals surface area contributed by atoms with Gasteiger partial charge in [-0.2, -0.15) is 0 Å². The van der Waals surface area contributed by atoms with E-state index in [2.05, 4.69) is 76.3 Å². The number of hydrogen-bond donors (Lipinski definition) is 0. The summed E-state index contributed by atoms with van der Waals surface area (Å²) in [5, 5.41) is 0. The van der Waals surface area contributed by atoms with Crippen molar-refractivity contribution in [2.75, 3.05) is 0 Å². The Morgan fingerprint density at radius 1 is 1.17 bits per heavy atom. The van der Waals surface area contributed by atoms with Crippen LogP contribution in [0, 0.1) is 23.7 Å². The smallest absolute Gasteiger partial charge is 0.0138 e. The lowest BCUT2D eigenvalue weighted by atomic mass is 9.72. The molecule has 0 aromatic heterocycles. The quantitative estimate of drug-likeness (QED) is 0.322. The van der Waals surface area contributed by atoms with Gasteiger partial charge in [0.1, 0.15) is 0 Å². The van der Waals surface area contributed by atoms with Gasteiger partial charge in [-0.15, -0.1) is 0 Å². The maximum absolute atomic E-state index is 2.46. The van der Waals surface area contributed by atoms with Gasteiger partial charge in [0.15, 0.2) is 0 Å². The molecule has 0 fully saturated rings. The zero-order valence-electron chi connectivity index (χ0n) is 16.2. The van der Waals surface area contributed by atoms with Crippen molar-refractivity contribution in [3.8, 4) is 0 Å². The molecule has 2 aliphatic rings. The van der Waals surface area contributed by atoms with Gasteiger partial charge in [-0.05, 0) is 76.0 Å². The zero-order chi connectivity index (χ0) is 17.4. The molecule has 0 aliphatic heterocycles. The highest BCUT2D eigenvalue weighted by Gasteiger charge is 2.28. The standard InChI is InChI=1S/C24H36/c1-5-7-8-9-15-22(24-16-11-10-13-19(24)3)18-21(6-2)23-17-12-14-20(23)4/h5,7-11,13,16,19,21-22,24H,6,12,14-15,17-18H2,1-4H3/b7-5-,9-8-. The molecule has 0 heteroatoms.